The number of hydrogen-bond donors (Lipinski definition) is 0. The van der Waals surface area contributed by atoms with Gasteiger partial charge in [-0.15, -0.1) is 0 Å². The Balaban J connectivity index is 1.34. The van der Waals surface area contributed by atoms with Gasteiger partial charge in [0.2, 0.25) is 0 Å². The molecule has 30 heavy (non-hydrogen) atoms. The molecule has 0 radical (unpaired) electrons. The van der Waals surface area contributed by atoms with Gasteiger partial charge >= 0.3 is 0 Å². The van der Waals surface area contributed by atoms with Gasteiger partial charge in [0.25, 0.3) is 11.8 Å². The van der Waals surface area contributed by atoms with Crippen LogP contribution in [0.15, 0.2) is 24.3 Å². The number of benzene rings is 1. The fourth-order valence-corrected chi connectivity index (χ4v) is 5.69. The molecule has 0 unspecified atom stereocenters. The number of ether oxygens (including phenoxy) is 3. The van der Waals surface area contributed by atoms with Crippen LogP contribution in [0.4, 0.5) is 0 Å². The second kappa shape index (κ2) is 8.19. The molecule has 2 atom stereocenters. The predicted molar refractivity (Wildman–Crippen MR) is 111 cm³/mol. The third-order valence-electron chi connectivity index (χ3n) is 6.95. The van der Waals surface area contributed by atoms with Gasteiger partial charge in [0.15, 0.2) is 6.61 Å². The Morgan fingerprint density at radius 2 is 1.83 bits per heavy atom. The van der Waals surface area contributed by atoms with Crippen LogP contribution >= 0.6 is 0 Å². The standard InChI is InChI=1S/C23H32N2O5/c1-22(2)14-23(16-28-3)15-25(12-19(22)23)21(27)17-4-6-18(7-5-17)30-13-20(26)24-8-10-29-11-9-24/h4-7,19H,8-16H2,1-3H3/t19-,23-/m1/s1. The molecule has 7 nitrogen and oxygen atoms in total. The van der Waals surface area contributed by atoms with E-state index in [4.69, 9.17) is 14.2 Å². The zero-order valence-corrected chi connectivity index (χ0v) is 18.2. The van der Waals surface area contributed by atoms with E-state index in [1.165, 1.54) is 0 Å². The molecule has 1 aromatic rings. The molecule has 2 saturated heterocycles. The number of rotatable bonds is 6. The first-order chi connectivity index (χ1) is 14.3. The maximum atomic E-state index is 13.1. The Bertz CT molecular complexity index is 787. The van der Waals surface area contributed by atoms with Crippen molar-refractivity contribution >= 4 is 11.8 Å². The van der Waals surface area contributed by atoms with Gasteiger partial charge in [0.1, 0.15) is 5.75 Å². The fourth-order valence-electron chi connectivity index (χ4n) is 5.69. The zero-order valence-electron chi connectivity index (χ0n) is 18.2. The van der Waals surface area contributed by atoms with Crippen LogP contribution in [0, 0.1) is 16.7 Å². The molecular weight excluding hydrogens is 384 g/mol. The molecule has 1 saturated carbocycles. The molecule has 3 aliphatic rings. The zero-order chi connectivity index (χ0) is 21.4. The van der Waals surface area contributed by atoms with Crippen LogP contribution in [0.5, 0.6) is 5.75 Å². The molecule has 0 aromatic heterocycles. The van der Waals surface area contributed by atoms with Gasteiger partial charge in [-0.25, -0.2) is 0 Å². The number of hydrogen-bond acceptors (Lipinski definition) is 5. The summed E-state index contributed by atoms with van der Waals surface area (Å²) in [5, 5.41) is 0. The smallest absolute Gasteiger partial charge is 0.260 e. The van der Waals surface area contributed by atoms with Gasteiger partial charge in [-0.05, 0) is 42.0 Å². The molecule has 2 amide bonds. The number of carbonyl (C=O) groups is 2. The highest BCUT2D eigenvalue weighted by Gasteiger charge is 2.63. The third-order valence-corrected chi connectivity index (χ3v) is 6.95. The van der Waals surface area contributed by atoms with Crippen LogP contribution in [0.1, 0.15) is 30.6 Å². The van der Waals surface area contributed by atoms with Crippen molar-refractivity contribution in [2.24, 2.45) is 16.7 Å². The Morgan fingerprint density at radius 1 is 1.13 bits per heavy atom. The van der Waals surface area contributed by atoms with Crippen molar-refractivity contribution in [3.8, 4) is 5.75 Å². The largest absolute Gasteiger partial charge is 0.484 e. The highest BCUT2D eigenvalue weighted by atomic mass is 16.5. The monoisotopic (exact) mass is 416 g/mol. The summed E-state index contributed by atoms with van der Waals surface area (Å²) in [7, 11) is 1.74. The van der Waals surface area contributed by atoms with E-state index in [0.29, 0.717) is 50.1 Å². The van der Waals surface area contributed by atoms with Crippen molar-refractivity contribution in [3.05, 3.63) is 29.8 Å². The maximum absolute atomic E-state index is 13.1. The summed E-state index contributed by atoms with van der Waals surface area (Å²) in [5.41, 5.74) is 0.989. The second-order valence-corrected chi connectivity index (χ2v) is 9.51. The average molecular weight is 417 g/mol. The van der Waals surface area contributed by atoms with Crippen molar-refractivity contribution in [2.45, 2.75) is 20.3 Å². The van der Waals surface area contributed by atoms with Crippen molar-refractivity contribution < 1.29 is 23.8 Å². The lowest BCUT2D eigenvalue weighted by atomic mass is 9.48. The predicted octanol–water partition coefficient (Wildman–Crippen LogP) is 2.06. The molecule has 7 heteroatoms. The molecule has 1 aromatic carbocycles. The summed E-state index contributed by atoms with van der Waals surface area (Å²) in [6, 6.07) is 7.09. The summed E-state index contributed by atoms with van der Waals surface area (Å²) in [5.74, 6) is 1.07. The van der Waals surface area contributed by atoms with Gasteiger partial charge in [-0.3, -0.25) is 9.59 Å². The van der Waals surface area contributed by atoms with E-state index in [2.05, 4.69) is 13.8 Å². The Hall–Kier alpha value is -2.12. The molecule has 0 spiro atoms. The minimum Gasteiger partial charge on any atom is -0.484 e. The quantitative estimate of drug-likeness (QED) is 0.710. The highest BCUT2D eigenvalue weighted by Crippen LogP contribution is 2.62. The minimum absolute atomic E-state index is 0.00425. The minimum atomic E-state index is -0.0444. The number of nitrogens with zero attached hydrogens (tertiary/aromatic N) is 2. The Morgan fingerprint density at radius 3 is 2.47 bits per heavy atom. The molecule has 1 aliphatic carbocycles. The summed E-state index contributed by atoms with van der Waals surface area (Å²) in [6.45, 7) is 9.15. The molecule has 4 rings (SSSR count). The SMILES string of the molecule is COC[C@@]12CN(C(=O)c3ccc(OCC(=O)N4CCOCC4)cc3)C[C@@H]1C(C)(C)C2. The Kier molecular flexibility index (Phi) is 5.77. The first-order valence-electron chi connectivity index (χ1n) is 10.7. The van der Waals surface area contributed by atoms with E-state index in [1.54, 1.807) is 36.3 Å². The van der Waals surface area contributed by atoms with Crippen LogP contribution < -0.4 is 4.74 Å². The van der Waals surface area contributed by atoms with Crippen LogP contribution in [0.2, 0.25) is 0 Å². The summed E-state index contributed by atoms with van der Waals surface area (Å²) < 4.78 is 16.4. The molecule has 0 bridgehead atoms. The number of methoxy groups -OCH3 is 1. The molecule has 0 N–H and O–H groups in total. The molecule has 2 heterocycles. The third kappa shape index (κ3) is 3.93. The fraction of sp³-hybridized carbons (Fsp3) is 0.652. The first kappa shape index (κ1) is 21.1. The van der Waals surface area contributed by atoms with Crippen LogP contribution in [-0.2, 0) is 14.3 Å². The van der Waals surface area contributed by atoms with Crippen LogP contribution in [-0.4, -0.2) is 81.3 Å². The molecule has 164 valence electrons. The lowest BCUT2D eigenvalue weighted by molar-refractivity contribution is -0.137. The maximum Gasteiger partial charge on any atom is 0.260 e. The Labute approximate surface area is 178 Å². The summed E-state index contributed by atoms with van der Waals surface area (Å²) in [4.78, 5) is 29.0. The van der Waals surface area contributed by atoms with E-state index in [9.17, 15) is 9.59 Å². The number of fused-ring (bicyclic) bond motifs is 1. The van der Waals surface area contributed by atoms with Crippen molar-refractivity contribution in [1.29, 1.82) is 0 Å². The van der Waals surface area contributed by atoms with Gasteiger partial charge in [0, 0.05) is 44.3 Å². The number of carbonyl (C=O) groups excluding carboxylic acids is 2. The topological polar surface area (TPSA) is 68.3 Å². The summed E-state index contributed by atoms with van der Waals surface area (Å²) >= 11 is 0. The molecule has 2 aliphatic heterocycles. The van der Waals surface area contributed by atoms with Gasteiger partial charge in [-0.1, -0.05) is 13.8 Å². The van der Waals surface area contributed by atoms with Crippen LogP contribution in [0.3, 0.4) is 0 Å². The van der Waals surface area contributed by atoms with Crippen molar-refractivity contribution in [2.75, 3.05) is 59.7 Å². The molecular formula is C23H32N2O5. The van der Waals surface area contributed by atoms with E-state index in [1.807, 2.05) is 4.90 Å². The van der Waals surface area contributed by atoms with Gasteiger partial charge in [0.05, 0.1) is 19.8 Å². The highest BCUT2D eigenvalue weighted by molar-refractivity contribution is 5.94. The molecule has 3 fully saturated rings. The van der Waals surface area contributed by atoms with E-state index in [-0.39, 0.29) is 29.3 Å². The van der Waals surface area contributed by atoms with Crippen molar-refractivity contribution in [1.82, 2.24) is 9.80 Å². The lowest BCUT2D eigenvalue weighted by Crippen LogP contribution is -2.55. The summed E-state index contributed by atoms with van der Waals surface area (Å²) in [6.07, 6.45) is 1.09. The normalized spacial score (nSPS) is 27.4. The second-order valence-electron chi connectivity index (χ2n) is 9.51. The van der Waals surface area contributed by atoms with E-state index in [0.717, 1.165) is 19.5 Å². The van der Waals surface area contributed by atoms with Crippen LogP contribution in [0.25, 0.3) is 0 Å². The number of likely N-dealkylation sites (tertiary alicyclic amines) is 1. The van der Waals surface area contributed by atoms with E-state index >= 15 is 0 Å². The average Bonchev–Trinajstić information content (AvgIpc) is 3.07. The van der Waals surface area contributed by atoms with Gasteiger partial charge in [-0.2, -0.15) is 0 Å². The first-order valence-corrected chi connectivity index (χ1v) is 10.7. The van der Waals surface area contributed by atoms with E-state index < -0.39 is 0 Å². The number of morpholine rings is 1. The number of amides is 2. The van der Waals surface area contributed by atoms with Gasteiger partial charge < -0.3 is 24.0 Å². The lowest BCUT2D eigenvalue weighted by Gasteiger charge is -2.56. The van der Waals surface area contributed by atoms with Crippen molar-refractivity contribution in [3.63, 3.8) is 0 Å².